The fourth-order valence-corrected chi connectivity index (χ4v) is 1.21. The number of amidine groups is 1. The summed E-state index contributed by atoms with van der Waals surface area (Å²) in [6.45, 7) is 0. The van der Waals surface area contributed by atoms with Gasteiger partial charge in [-0.05, 0) is 6.07 Å². The predicted molar refractivity (Wildman–Crippen MR) is 53.3 cm³/mol. The molecular formula is C8H9ClN3O2+. The number of non-ortho nitro benzene ring substituents is 1. The van der Waals surface area contributed by atoms with Gasteiger partial charge in [-0.15, -0.1) is 0 Å². The molecule has 0 aliphatic carbocycles. The Balaban J connectivity index is 3.27. The zero-order valence-electron chi connectivity index (χ0n) is 7.45. The summed E-state index contributed by atoms with van der Waals surface area (Å²) in [4.78, 5) is 12.7. The summed E-state index contributed by atoms with van der Waals surface area (Å²) < 4.78 is 0. The van der Waals surface area contributed by atoms with Crippen LogP contribution in [0.3, 0.4) is 0 Å². The van der Waals surface area contributed by atoms with Crippen LogP contribution in [0.15, 0.2) is 18.2 Å². The number of hydrogen-bond donors (Lipinski definition) is 2. The summed E-state index contributed by atoms with van der Waals surface area (Å²) in [5.74, 6) is 0.343. The summed E-state index contributed by atoms with van der Waals surface area (Å²) in [7, 11) is 1.63. The van der Waals surface area contributed by atoms with Crippen LogP contribution < -0.4 is 10.7 Å². The zero-order valence-corrected chi connectivity index (χ0v) is 8.21. The molecule has 14 heavy (non-hydrogen) atoms. The van der Waals surface area contributed by atoms with Crippen molar-refractivity contribution in [2.24, 2.45) is 5.73 Å². The van der Waals surface area contributed by atoms with Crippen molar-refractivity contribution >= 4 is 23.1 Å². The van der Waals surface area contributed by atoms with E-state index in [1.54, 1.807) is 13.1 Å². The lowest BCUT2D eigenvalue weighted by Gasteiger charge is -1.97. The summed E-state index contributed by atoms with van der Waals surface area (Å²) in [5.41, 5.74) is 5.98. The SMILES string of the molecule is C[NH+]=C(N)c1cc(Cl)cc([N+](=O)[O-])c1. The van der Waals surface area contributed by atoms with E-state index in [-0.39, 0.29) is 10.7 Å². The van der Waals surface area contributed by atoms with E-state index >= 15 is 0 Å². The lowest BCUT2D eigenvalue weighted by atomic mass is 10.2. The van der Waals surface area contributed by atoms with Gasteiger partial charge in [0.05, 0.1) is 17.5 Å². The second-order valence-corrected chi connectivity index (χ2v) is 3.06. The van der Waals surface area contributed by atoms with E-state index in [2.05, 4.69) is 4.99 Å². The number of hydrogen-bond acceptors (Lipinski definition) is 2. The van der Waals surface area contributed by atoms with Crippen LogP contribution >= 0.6 is 11.6 Å². The molecule has 1 aromatic carbocycles. The fourth-order valence-electron chi connectivity index (χ4n) is 0.979. The second-order valence-electron chi connectivity index (χ2n) is 2.62. The van der Waals surface area contributed by atoms with E-state index in [0.29, 0.717) is 11.4 Å². The van der Waals surface area contributed by atoms with Gasteiger partial charge in [-0.25, -0.2) is 0 Å². The molecule has 0 atom stereocenters. The van der Waals surface area contributed by atoms with Crippen molar-refractivity contribution in [3.05, 3.63) is 38.9 Å². The number of nitrogens with two attached hydrogens (primary N) is 1. The predicted octanol–water partition coefficient (Wildman–Crippen LogP) is -0.336. The molecule has 0 spiro atoms. The van der Waals surface area contributed by atoms with Gasteiger partial charge in [0.25, 0.3) is 11.5 Å². The summed E-state index contributed by atoms with van der Waals surface area (Å²) in [6.07, 6.45) is 0. The van der Waals surface area contributed by atoms with Gasteiger partial charge in [0.15, 0.2) is 0 Å². The van der Waals surface area contributed by atoms with Gasteiger partial charge < -0.3 is 0 Å². The minimum absolute atomic E-state index is 0.0781. The van der Waals surface area contributed by atoms with E-state index in [1.165, 1.54) is 12.1 Å². The quantitative estimate of drug-likeness (QED) is 0.306. The van der Waals surface area contributed by atoms with Crippen molar-refractivity contribution in [3.8, 4) is 0 Å². The molecule has 1 rings (SSSR count). The number of nitrogens with zero attached hydrogens (tertiary/aromatic N) is 1. The Hall–Kier alpha value is -1.62. The van der Waals surface area contributed by atoms with Crippen molar-refractivity contribution < 1.29 is 9.92 Å². The molecule has 6 heteroatoms. The number of halogens is 1. The number of nitro benzene ring substituents is 1. The van der Waals surface area contributed by atoms with Crippen molar-refractivity contribution in [1.29, 1.82) is 0 Å². The number of nitrogen functional groups attached to an aromatic ring is 1. The Bertz CT molecular complexity index is 404. The Morgan fingerprint density at radius 2 is 2.21 bits per heavy atom. The third-order valence-electron chi connectivity index (χ3n) is 1.67. The highest BCUT2D eigenvalue weighted by Gasteiger charge is 2.12. The Kier molecular flexibility index (Phi) is 3.03. The fraction of sp³-hybridized carbons (Fsp3) is 0.125. The first kappa shape index (κ1) is 10.5. The Morgan fingerprint density at radius 1 is 1.57 bits per heavy atom. The van der Waals surface area contributed by atoms with Crippen molar-refractivity contribution in [1.82, 2.24) is 0 Å². The molecule has 5 nitrogen and oxygen atoms in total. The third kappa shape index (κ3) is 2.20. The molecule has 0 aromatic heterocycles. The van der Waals surface area contributed by atoms with Gasteiger partial charge in [0.2, 0.25) is 0 Å². The standard InChI is InChI=1S/C8H8ClN3O2/c1-11-8(10)5-2-6(9)4-7(3-5)12(13)14/h2-4H,1H3,(H2,10,11)/p+1. The minimum Gasteiger partial charge on any atom is -0.287 e. The normalized spacial score (nSPS) is 11.4. The first-order chi connectivity index (χ1) is 6.54. The smallest absolute Gasteiger partial charge is 0.272 e. The molecule has 0 amide bonds. The van der Waals surface area contributed by atoms with Crippen molar-refractivity contribution in [2.75, 3.05) is 7.05 Å². The van der Waals surface area contributed by atoms with E-state index in [0.717, 1.165) is 0 Å². The minimum atomic E-state index is -0.516. The van der Waals surface area contributed by atoms with Crippen LogP contribution in [-0.2, 0) is 0 Å². The van der Waals surface area contributed by atoms with Crippen LogP contribution in [0.1, 0.15) is 5.56 Å². The first-order valence-electron chi connectivity index (χ1n) is 3.80. The molecule has 3 N–H and O–H groups in total. The number of nitro groups is 1. The maximum Gasteiger partial charge on any atom is 0.272 e. The molecule has 0 saturated heterocycles. The van der Waals surface area contributed by atoms with Gasteiger partial charge in [-0.2, -0.15) is 0 Å². The molecule has 0 aliphatic rings. The van der Waals surface area contributed by atoms with E-state index in [9.17, 15) is 10.1 Å². The molecule has 0 fully saturated rings. The maximum absolute atomic E-state index is 10.5. The molecule has 0 unspecified atom stereocenters. The molecule has 0 bridgehead atoms. The molecule has 0 heterocycles. The topological polar surface area (TPSA) is 83.1 Å². The van der Waals surface area contributed by atoms with Gasteiger partial charge in [-0.1, -0.05) is 11.6 Å². The zero-order chi connectivity index (χ0) is 10.7. The van der Waals surface area contributed by atoms with E-state index in [4.69, 9.17) is 17.3 Å². The number of nitrogens with one attached hydrogen (secondary N) is 1. The molecule has 0 saturated carbocycles. The first-order valence-corrected chi connectivity index (χ1v) is 4.18. The second kappa shape index (κ2) is 4.06. The summed E-state index contributed by atoms with van der Waals surface area (Å²) in [6, 6.07) is 4.19. The van der Waals surface area contributed by atoms with Gasteiger partial charge in [0.1, 0.15) is 0 Å². The summed E-state index contributed by atoms with van der Waals surface area (Å²) in [5, 5.41) is 10.8. The van der Waals surface area contributed by atoms with Crippen LogP contribution in [0.4, 0.5) is 5.69 Å². The monoisotopic (exact) mass is 214 g/mol. The van der Waals surface area contributed by atoms with Crippen molar-refractivity contribution in [3.63, 3.8) is 0 Å². The molecule has 1 aromatic rings. The largest absolute Gasteiger partial charge is 0.287 e. The summed E-state index contributed by atoms with van der Waals surface area (Å²) >= 11 is 5.69. The lowest BCUT2D eigenvalue weighted by Crippen LogP contribution is -2.71. The van der Waals surface area contributed by atoms with Crippen LogP contribution in [0.2, 0.25) is 5.02 Å². The maximum atomic E-state index is 10.5. The van der Waals surface area contributed by atoms with E-state index in [1.807, 2.05) is 0 Å². The van der Waals surface area contributed by atoms with Gasteiger partial charge in [0, 0.05) is 17.2 Å². The van der Waals surface area contributed by atoms with Gasteiger partial charge >= 0.3 is 0 Å². The third-order valence-corrected chi connectivity index (χ3v) is 1.89. The Labute approximate surface area is 85.4 Å². The van der Waals surface area contributed by atoms with Crippen molar-refractivity contribution in [2.45, 2.75) is 0 Å². The molecular weight excluding hydrogens is 206 g/mol. The van der Waals surface area contributed by atoms with Crippen LogP contribution in [0.25, 0.3) is 0 Å². The number of rotatable bonds is 2. The van der Waals surface area contributed by atoms with Crippen LogP contribution in [0.5, 0.6) is 0 Å². The molecule has 74 valence electrons. The van der Waals surface area contributed by atoms with Crippen LogP contribution in [0, 0.1) is 10.1 Å². The molecule has 0 aliphatic heterocycles. The molecule has 0 radical (unpaired) electrons. The highest BCUT2D eigenvalue weighted by atomic mass is 35.5. The van der Waals surface area contributed by atoms with Gasteiger partial charge in [-0.3, -0.25) is 20.8 Å². The average Bonchev–Trinajstić information content (AvgIpc) is 2.15. The van der Waals surface area contributed by atoms with Crippen LogP contribution in [-0.4, -0.2) is 17.8 Å². The highest BCUT2D eigenvalue weighted by Crippen LogP contribution is 2.19. The lowest BCUT2D eigenvalue weighted by molar-refractivity contribution is -0.420. The average molecular weight is 215 g/mol. The Morgan fingerprint density at radius 3 is 2.71 bits per heavy atom. The van der Waals surface area contributed by atoms with E-state index < -0.39 is 4.92 Å². The highest BCUT2D eigenvalue weighted by molar-refractivity contribution is 6.31. The number of benzene rings is 1.